The maximum Gasteiger partial charge on any atom is 0.254 e. The van der Waals surface area contributed by atoms with Crippen molar-refractivity contribution in [3.63, 3.8) is 0 Å². The van der Waals surface area contributed by atoms with E-state index in [9.17, 15) is 9.59 Å². The van der Waals surface area contributed by atoms with Gasteiger partial charge in [0, 0.05) is 42.8 Å². The normalized spacial score (nSPS) is 14.0. The molecule has 5 nitrogen and oxygen atoms in total. The molecule has 0 aliphatic carbocycles. The summed E-state index contributed by atoms with van der Waals surface area (Å²) in [6.45, 7) is 3.68. The molecule has 2 aromatic rings. The summed E-state index contributed by atoms with van der Waals surface area (Å²) in [4.78, 5) is 29.4. The fourth-order valence-corrected chi connectivity index (χ4v) is 3.75. The van der Waals surface area contributed by atoms with Crippen LogP contribution in [-0.4, -0.2) is 60.9 Å². The summed E-state index contributed by atoms with van der Waals surface area (Å²) in [5.41, 5.74) is 1.84. The third-order valence-electron chi connectivity index (χ3n) is 4.89. The number of nitrogens with zero attached hydrogens (tertiary/aromatic N) is 2. The van der Waals surface area contributed by atoms with Crippen LogP contribution in [0.5, 0.6) is 0 Å². The Labute approximate surface area is 174 Å². The Bertz CT molecular complexity index is 791. The van der Waals surface area contributed by atoms with Gasteiger partial charge in [0.15, 0.2) is 0 Å². The van der Waals surface area contributed by atoms with E-state index in [1.165, 1.54) is 5.56 Å². The van der Waals surface area contributed by atoms with Crippen molar-refractivity contribution in [2.45, 2.75) is 12.8 Å². The van der Waals surface area contributed by atoms with Gasteiger partial charge < -0.3 is 15.1 Å². The van der Waals surface area contributed by atoms with Crippen molar-refractivity contribution in [2.24, 2.45) is 0 Å². The zero-order valence-electron chi connectivity index (χ0n) is 15.9. The molecule has 148 valence electrons. The van der Waals surface area contributed by atoms with Crippen LogP contribution in [0, 0.1) is 0 Å². The first-order valence-corrected chi connectivity index (χ1v) is 10.5. The molecule has 0 radical (unpaired) electrons. The van der Waals surface area contributed by atoms with E-state index in [0.717, 1.165) is 30.4 Å². The predicted molar refractivity (Wildman–Crippen MR) is 114 cm³/mol. The first-order valence-electron chi connectivity index (χ1n) is 9.71. The van der Waals surface area contributed by atoms with Gasteiger partial charge in [-0.25, -0.2) is 0 Å². The Hall–Kier alpha value is -2.18. The van der Waals surface area contributed by atoms with Crippen molar-refractivity contribution in [2.75, 3.05) is 39.3 Å². The lowest BCUT2D eigenvalue weighted by atomic mass is 10.1. The van der Waals surface area contributed by atoms with Gasteiger partial charge in [0.05, 0.1) is 0 Å². The Morgan fingerprint density at radius 2 is 1.79 bits per heavy atom. The van der Waals surface area contributed by atoms with E-state index in [-0.39, 0.29) is 18.4 Å². The van der Waals surface area contributed by atoms with Crippen molar-refractivity contribution in [1.82, 2.24) is 15.1 Å². The van der Waals surface area contributed by atoms with Crippen LogP contribution in [0.3, 0.4) is 0 Å². The smallest absolute Gasteiger partial charge is 0.254 e. The van der Waals surface area contributed by atoms with Crippen molar-refractivity contribution in [3.8, 4) is 0 Å². The quantitative estimate of drug-likeness (QED) is 0.715. The van der Waals surface area contributed by atoms with E-state index in [1.807, 2.05) is 41.3 Å². The highest BCUT2D eigenvalue weighted by atomic mass is 79.9. The number of amides is 2. The molecule has 3 rings (SSSR count). The standard InChI is InChI=1S/C22H26BrN3O2/c23-20-10-4-9-19(16-20)22(28)26(13-5-8-18-6-2-1-3-7-18)17-21(27)25-14-11-24-12-15-25/h1-4,6-7,9-10,16,24H,5,8,11-15,17H2. The van der Waals surface area contributed by atoms with Crippen molar-refractivity contribution in [3.05, 3.63) is 70.2 Å². The first kappa shape index (κ1) is 20.6. The largest absolute Gasteiger partial charge is 0.339 e. The van der Waals surface area contributed by atoms with Crippen LogP contribution in [0.2, 0.25) is 0 Å². The van der Waals surface area contributed by atoms with Crippen molar-refractivity contribution in [1.29, 1.82) is 0 Å². The zero-order valence-corrected chi connectivity index (χ0v) is 17.5. The second-order valence-electron chi connectivity index (χ2n) is 6.96. The minimum atomic E-state index is -0.0992. The van der Waals surface area contributed by atoms with Crippen LogP contribution in [0.1, 0.15) is 22.3 Å². The maximum absolute atomic E-state index is 13.1. The summed E-state index contributed by atoms with van der Waals surface area (Å²) in [5, 5.41) is 3.25. The molecule has 2 amide bonds. The summed E-state index contributed by atoms with van der Waals surface area (Å²) in [6, 6.07) is 17.6. The topological polar surface area (TPSA) is 52.7 Å². The molecular formula is C22H26BrN3O2. The Morgan fingerprint density at radius 1 is 1.04 bits per heavy atom. The predicted octanol–water partition coefficient (Wildman–Crippen LogP) is 2.96. The monoisotopic (exact) mass is 443 g/mol. The van der Waals surface area contributed by atoms with Gasteiger partial charge in [-0.2, -0.15) is 0 Å². The molecule has 6 heteroatoms. The lowest BCUT2D eigenvalue weighted by molar-refractivity contribution is -0.132. The Kier molecular flexibility index (Phi) is 7.62. The van der Waals surface area contributed by atoms with Crippen LogP contribution >= 0.6 is 15.9 Å². The van der Waals surface area contributed by atoms with Gasteiger partial charge >= 0.3 is 0 Å². The molecule has 1 heterocycles. The molecule has 0 bridgehead atoms. The van der Waals surface area contributed by atoms with Crippen molar-refractivity contribution >= 4 is 27.7 Å². The van der Waals surface area contributed by atoms with E-state index >= 15 is 0 Å². The minimum Gasteiger partial charge on any atom is -0.339 e. The lowest BCUT2D eigenvalue weighted by Gasteiger charge is -2.30. The number of piperazine rings is 1. The number of aryl methyl sites for hydroxylation is 1. The van der Waals surface area contributed by atoms with E-state index in [1.54, 1.807) is 11.0 Å². The molecule has 2 aromatic carbocycles. The first-order chi connectivity index (χ1) is 13.6. The highest BCUT2D eigenvalue weighted by Gasteiger charge is 2.23. The molecule has 1 aliphatic rings. The van der Waals surface area contributed by atoms with Gasteiger partial charge in [-0.1, -0.05) is 52.3 Å². The SMILES string of the molecule is O=C(CN(CCCc1ccccc1)C(=O)c1cccc(Br)c1)N1CCNCC1. The Balaban J connectivity index is 1.67. The highest BCUT2D eigenvalue weighted by Crippen LogP contribution is 2.15. The summed E-state index contributed by atoms with van der Waals surface area (Å²) in [6.07, 6.45) is 1.70. The Morgan fingerprint density at radius 3 is 2.50 bits per heavy atom. The van der Waals surface area contributed by atoms with Gasteiger partial charge in [0.1, 0.15) is 6.54 Å². The molecule has 0 spiro atoms. The third kappa shape index (κ3) is 5.91. The van der Waals surface area contributed by atoms with Crippen LogP contribution in [-0.2, 0) is 11.2 Å². The van der Waals surface area contributed by atoms with E-state index in [0.29, 0.717) is 25.2 Å². The summed E-state index contributed by atoms with van der Waals surface area (Å²) < 4.78 is 0.857. The van der Waals surface area contributed by atoms with E-state index in [2.05, 4.69) is 33.4 Å². The van der Waals surface area contributed by atoms with Crippen molar-refractivity contribution < 1.29 is 9.59 Å². The molecular weight excluding hydrogens is 418 g/mol. The number of nitrogens with one attached hydrogen (secondary N) is 1. The van der Waals surface area contributed by atoms with Crippen LogP contribution in [0.4, 0.5) is 0 Å². The summed E-state index contributed by atoms with van der Waals surface area (Å²) >= 11 is 3.42. The average Bonchev–Trinajstić information content (AvgIpc) is 2.74. The third-order valence-corrected chi connectivity index (χ3v) is 5.38. The van der Waals surface area contributed by atoms with Gasteiger partial charge in [-0.05, 0) is 36.6 Å². The molecule has 1 saturated heterocycles. The molecule has 0 atom stereocenters. The fraction of sp³-hybridized carbons (Fsp3) is 0.364. The zero-order chi connectivity index (χ0) is 19.8. The molecule has 1 N–H and O–H groups in total. The molecule has 1 fully saturated rings. The number of benzene rings is 2. The molecule has 28 heavy (non-hydrogen) atoms. The lowest BCUT2D eigenvalue weighted by Crippen LogP contribution is -2.50. The van der Waals surface area contributed by atoms with Gasteiger partial charge in [0.25, 0.3) is 5.91 Å². The maximum atomic E-state index is 13.1. The summed E-state index contributed by atoms with van der Waals surface area (Å²) in [5.74, 6) is -0.0811. The minimum absolute atomic E-state index is 0.0181. The van der Waals surface area contributed by atoms with Gasteiger partial charge in [0.2, 0.25) is 5.91 Å². The van der Waals surface area contributed by atoms with E-state index < -0.39 is 0 Å². The number of rotatable bonds is 7. The summed E-state index contributed by atoms with van der Waals surface area (Å²) in [7, 11) is 0. The average molecular weight is 444 g/mol. The van der Waals surface area contributed by atoms with E-state index in [4.69, 9.17) is 0 Å². The number of carbonyl (C=O) groups excluding carboxylic acids is 2. The van der Waals surface area contributed by atoms with Gasteiger partial charge in [-0.15, -0.1) is 0 Å². The molecule has 0 saturated carbocycles. The van der Waals surface area contributed by atoms with Crippen LogP contribution < -0.4 is 5.32 Å². The molecule has 0 unspecified atom stereocenters. The van der Waals surface area contributed by atoms with Crippen LogP contribution in [0.25, 0.3) is 0 Å². The number of carbonyl (C=O) groups is 2. The highest BCUT2D eigenvalue weighted by molar-refractivity contribution is 9.10. The second kappa shape index (κ2) is 10.4. The molecule has 1 aliphatic heterocycles. The fourth-order valence-electron chi connectivity index (χ4n) is 3.35. The second-order valence-corrected chi connectivity index (χ2v) is 7.87. The number of hydrogen-bond donors (Lipinski definition) is 1. The molecule has 0 aromatic heterocycles. The number of halogens is 1. The van der Waals surface area contributed by atoms with Gasteiger partial charge in [-0.3, -0.25) is 9.59 Å². The van der Waals surface area contributed by atoms with Crippen LogP contribution in [0.15, 0.2) is 59.1 Å². The number of hydrogen-bond acceptors (Lipinski definition) is 3.